The summed E-state index contributed by atoms with van der Waals surface area (Å²) in [6, 6.07) is 4.10. The Labute approximate surface area is 125 Å². The van der Waals surface area contributed by atoms with Gasteiger partial charge in [-0.05, 0) is 26.0 Å². The van der Waals surface area contributed by atoms with Gasteiger partial charge in [-0.15, -0.1) is 11.3 Å². The van der Waals surface area contributed by atoms with E-state index in [2.05, 4.69) is 32.8 Å². The Hall–Kier alpha value is -2.26. The van der Waals surface area contributed by atoms with Crippen molar-refractivity contribution >= 4 is 28.7 Å². The molecule has 2 aromatic heterocycles. The van der Waals surface area contributed by atoms with Crippen LogP contribution in [0.15, 0.2) is 18.5 Å². The first-order valence-corrected chi connectivity index (χ1v) is 7.10. The number of nitrogens with zero attached hydrogens (tertiary/aromatic N) is 3. The summed E-state index contributed by atoms with van der Waals surface area (Å²) in [7, 11) is 0. The van der Waals surface area contributed by atoms with Crippen LogP contribution in [0.5, 0.6) is 0 Å². The minimum atomic E-state index is -0.556. The van der Waals surface area contributed by atoms with Gasteiger partial charge in [0.1, 0.15) is 6.33 Å². The van der Waals surface area contributed by atoms with E-state index in [1.165, 1.54) is 16.1 Å². The van der Waals surface area contributed by atoms with Crippen molar-refractivity contribution in [1.82, 2.24) is 9.97 Å². The van der Waals surface area contributed by atoms with Crippen LogP contribution < -0.4 is 16.6 Å². The Morgan fingerprint density at radius 1 is 1.43 bits per heavy atom. The maximum atomic E-state index is 11.1. The van der Waals surface area contributed by atoms with Crippen molar-refractivity contribution < 1.29 is 4.92 Å². The van der Waals surface area contributed by atoms with Crippen LogP contribution in [0.4, 0.5) is 17.3 Å². The normalized spacial score (nSPS) is 12.0. The molecular formula is C12H16N6O2S. The zero-order valence-corrected chi connectivity index (χ0v) is 12.5. The minimum Gasteiger partial charge on any atom is -0.361 e. The monoisotopic (exact) mass is 308 g/mol. The first kappa shape index (κ1) is 15.1. The Balaban J connectivity index is 2.17. The fourth-order valence-electron chi connectivity index (χ4n) is 1.94. The van der Waals surface area contributed by atoms with Gasteiger partial charge >= 0.3 is 5.69 Å². The molecule has 0 aliphatic carbocycles. The first-order chi connectivity index (χ1) is 10.0. The molecule has 0 radical (unpaired) electrons. The number of thiophene rings is 1. The van der Waals surface area contributed by atoms with Crippen molar-refractivity contribution in [2.75, 3.05) is 10.7 Å². The van der Waals surface area contributed by atoms with Crippen LogP contribution in [0.25, 0.3) is 0 Å². The Kier molecular flexibility index (Phi) is 4.66. The summed E-state index contributed by atoms with van der Waals surface area (Å²) in [5.74, 6) is 5.38. The van der Waals surface area contributed by atoms with Gasteiger partial charge in [0.2, 0.25) is 11.6 Å². The lowest BCUT2D eigenvalue weighted by Crippen LogP contribution is -2.20. The van der Waals surface area contributed by atoms with Crippen molar-refractivity contribution in [3.63, 3.8) is 0 Å². The fourth-order valence-corrected chi connectivity index (χ4v) is 2.96. The Morgan fingerprint density at radius 2 is 2.14 bits per heavy atom. The lowest BCUT2D eigenvalue weighted by Gasteiger charge is -2.14. The molecular weight excluding hydrogens is 292 g/mol. The van der Waals surface area contributed by atoms with Crippen LogP contribution >= 0.6 is 11.3 Å². The van der Waals surface area contributed by atoms with Crippen molar-refractivity contribution in [2.24, 2.45) is 5.84 Å². The predicted octanol–water partition coefficient (Wildman–Crippen LogP) is 2.08. The van der Waals surface area contributed by atoms with Gasteiger partial charge in [-0.1, -0.05) is 0 Å². The first-order valence-electron chi connectivity index (χ1n) is 6.29. The molecule has 8 nitrogen and oxygen atoms in total. The zero-order valence-electron chi connectivity index (χ0n) is 11.7. The van der Waals surface area contributed by atoms with Crippen molar-refractivity contribution in [3.05, 3.63) is 38.3 Å². The third kappa shape index (κ3) is 3.64. The number of nitrogens with two attached hydrogens (primary N) is 1. The van der Waals surface area contributed by atoms with Crippen molar-refractivity contribution in [2.45, 2.75) is 26.3 Å². The number of nitro groups is 1. The number of nitrogen functional groups attached to an aromatic ring is 1. The van der Waals surface area contributed by atoms with E-state index in [-0.39, 0.29) is 23.4 Å². The molecule has 0 saturated heterocycles. The van der Waals surface area contributed by atoms with Gasteiger partial charge in [-0.3, -0.25) is 10.1 Å². The standard InChI is InChI=1S/C12H16N6O2S/c1-7(5-9-4-3-8(2)21-9)16-11-10(18(19)20)12(17-13)15-6-14-11/h3-4,6-7H,5,13H2,1-2H3,(H2,14,15,16,17). The number of rotatable bonds is 6. The van der Waals surface area contributed by atoms with Gasteiger partial charge in [0, 0.05) is 22.2 Å². The number of hydrogen-bond acceptors (Lipinski definition) is 8. The molecule has 2 heterocycles. The molecule has 21 heavy (non-hydrogen) atoms. The molecule has 0 aliphatic rings. The van der Waals surface area contributed by atoms with Crippen molar-refractivity contribution in [1.29, 1.82) is 0 Å². The largest absolute Gasteiger partial charge is 0.361 e. The molecule has 0 spiro atoms. The third-order valence-corrected chi connectivity index (χ3v) is 3.85. The van der Waals surface area contributed by atoms with E-state index in [9.17, 15) is 10.1 Å². The van der Waals surface area contributed by atoms with E-state index < -0.39 is 4.92 Å². The molecule has 112 valence electrons. The number of anilines is 2. The minimum absolute atomic E-state index is 0.0118. The molecule has 2 aromatic rings. The van der Waals surface area contributed by atoms with E-state index in [0.717, 1.165) is 6.42 Å². The van der Waals surface area contributed by atoms with Crippen LogP contribution in [0.1, 0.15) is 16.7 Å². The Morgan fingerprint density at radius 3 is 2.71 bits per heavy atom. The summed E-state index contributed by atoms with van der Waals surface area (Å²) in [6.07, 6.45) is 1.98. The van der Waals surface area contributed by atoms with Crippen LogP contribution in [0, 0.1) is 17.0 Å². The molecule has 0 amide bonds. The molecule has 0 aliphatic heterocycles. The van der Waals surface area contributed by atoms with E-state index in [1.807, 2.05) is 13.8 Å². The molecule has 9 heteroatoms. The van der Waals surface area contributed by atoms with Gasteiger partial charge in [-0.25, -0.2) is 15.8 Å². The highest BCUT2D eigenvalue weighted by Crippen LogP contribution is 2.29. The van der Waals surface area contributed by atoms with Gasteiger partial charge in [-0.2, -0.15) is 0 Å². The third-order valence-electron chi connectivity index (χ3n) is 2.83. The van der Waals surface area contributed by atoms with Gasteiger partial charge in [0.15, 0.2) is 0 Å². The second kappa shape index (κ2) is 6.46. The summed E-state index contributed by atoms with van der Waals surface area (Å²) in [4.78, 5) is 20.7. The zero-order chi connectivity index (χ0) is 15.4. The molecule has 0 saturated carbocycles. The SMILES string of the molecule is Cc1ccc(CC(C)Nc2ncnc(NN)c2[N+](=O)[O-])s1. The van der Waals surface area contributed by atoms with Gasteiger partial charge < -0.3 is 10.7 Å². The highest BCUT2D eigenvalue weighted by Gasteiger charge is 2.23. The lowest BCUT2D eigenvalue weighted by atomic mass is 10.2. The molecule has 1 atom stereocenters. The van der Waals surface area contributed by atoms with Crippen LogP contribution in [-0.4, -0.2) is 20.9 Å². The summed E-state index contributed by atoms with van der Waals surface area (Å²) in [5.41, 5.74) is 1.96. The maximum Gasteiger partial charge on any atom is 0.354 e. The van der Waals surface area contributed by atoms with Crippen molar-refractivity contribution in [3.8, 4) is 0 Å². The average molecular weight is 308 g/mol. The molecule has 4 N–H and O–H groups in total. The molecule has 0 aromatic carbocycles. The van der Waals surface area contributed by atoms with Crippen LogP contribution in [0.2, 0.25) is 0 Å². The number of aromatic nitrogens is 2. The quantitative estimate of drug-likeness (QED) is 0.424. The van der Waals surface area contributed by atoms with Gasteiger partial charge in [0.05, 0.1) is 4.92 Å². The highest BCUT2D eigenvalue weighted by molar-refractivity contribution is 7.11. The fraction of sp³-hybridized carbons (Fsp3) is 0.333. The molecule has 2 rings (SSSR count). The topological polar surface area (TPSA) is 119 Å². The number of aryl methyl sites for hydroxylation is 1. The second-order valence-electron chi connectivity index (χ2n) is 4.58. The smallest absolute Gasteiger partial charge is 0.354 e. The predicted molar refractivity (Wildman–Crippen MR) is 82.3 cm³/mol. The van der Waals surface area contributed by atoms with Crippen LogP contribution in [-0.2, 0) is 6.42 Å². The summed E-state index contributed by atoms with van der Waals surface area (Å²) >= 11 is 1.71. The molecule has 0 fully saturated rings. The Bertz CT molecular complexity index is 644. The number of hydrazine groups is 1. The molecule has 1 unspecified atom stereocenters. The van der Waals surface area contributed by atoms with Crippen LogP contribution in [0.3, 0.4) is 0 Å². The maximum absolute atomic E-state index is 11.1. The summed E-state index contributed by atoms with van der Waals surface area (Å²) < 4.78 is 0. The summed E-state index contributed by atoms with van der Waals surface area (Å²) in [5, 5.41) is 14.2. The van der Waals surface area contributed by atoms with E-state index in [1.54, 1.807) is 11.3 Å². The van der Waals surface area contributed by atoms with E-state index in [0.29, 0.717) is 0 Å². The second-order valence-corrected chi connectivity index (χ2v) is 5.96. The molecule has 0 bridgehead atoms. The summed E-state index contributed by atoms with van der Waals surface area (Å²) in [6.45, 7) is 3.98. The van der Waals surface area contributed by atoms with Gasteiger partial charge in [0.25, 0.3) is 0 Å². The number of nitrogens with one attached hydrogen (secondary N) is 2. The van der Waals surface area contributed by atoms with E-state index >= 15 is 0 Å². The number of hydrogen-bond donors (Lipinski definition) is 3. The highest BCUT2D eigenvalue weighted by atomic mass is 32.1. The van der Waals surface area contributed by atoms with E-state index in [4.69, 9.17) is 5.84 Å². The average Bonchev–Trinajstić information content (AvgIpc) is 2.83. The lowest BCUT2D eigenvalue weighted by molar-refractivity contribution is -0.383.